The van der Waals surface area contributed by atoms with Crippen molar-refractivity contribution < 1.29 is 4.79 Å². The highest BCUT2D eigenvalue weighted by molar-refractivity contribution is 7.14. The van der Waals surface area contributed by atoms with Gasteiger partial charge in [-0.05, 0) is 30.4 Å². The van der Waals surface area contributed by atoms with Crippen LogP contribution in [-0.4, -0.2) is 30.1 Å². The first-order valence-electron chi connectivity index (χ1n) is 6.57. The molecule has 106 valence electrons. The van der Waals surface area contributed by atoms with E-state index in [1.54, 1.807) is 11.3 Å². The van der Waals surface area contributed by atoms with E-state index in [-0.39, 0.29) is 6.03 Å². The molecule has 0 spiro atoms. The predicted molar refractivity (Wildman–Crippen MR) is 83.8 cm³/mol. The van der Waals surface area contributed by atoms with Crippen LogP contribution >= 0.6 is 22.7 Å². The lowest BCUT2D eigenvalue weighted by molar-refractivity contribution is 0.251. The summed E-state index contributed by atoms with van der Waals surface area (Å²) in [6.07, 6.45) is 4.07. The van der Waals surface area contributed by atoms with Gasteiger partial charge in [0.25, 0.3) is 0 Å². The average molecular weight is 308 g/mol. The van der Waals surface area contributed by atoms with E-state index in [1.807, 2.05) is 29.1 Å². The summed E-state index contributed by atoms with van der Waals surface area (Å²) in [6, 6.07) is 4.01. The van der Waals surface area contributed by atoms with Crippen LogP contribution in [0.1, 0.15) is 12.8 Å². The van der Waals surface area contributed by atoms with E-state index in [1.165, 1.54) is 11.3 Å². The molecule has 7 heteroatoms. The maximum atomic E-state index is 11.8. The third-order valence-corrected chi connectivity index (χ3v) is 4.89. The maximum Gasteiger partial charge on any atom is 0.319 e. The van der Waals surface area contributed by atoms with Crippen molar-refractivity contribution in [3.05, 3.63) is 29.1 Å². The number of hydrogen-bond acceptors (Lipinski definition) is 5. The van der Waals surface area contributed by atoms with E-state index in [2.05, 4.69) is 20.5 Å². The van der Waals surface area contributed by atoms with Crippen LogP contribution in [0.5, 0.6) is 0 Å². The third-order valence-electron chi connectivity index (χ3n) is 3.30. The average Bonchev–Trinajstić information content (AvgIpc) is 3.18. The molecule has 0 saturated carbocycles. The molecule has 2 N–H and O–H groups in total. The monoisotopic (exact) mass is 308 g/mol. The first-order valence-corrected chi connectivity index (χ1v) is 8.33. The highest BCUT2D eigenvalue weighted by Crippen LogP contribution is 2.26. The van der Waals surface area contributed by atoms with E-state index in [0.29, 0.717) is 12.6 Å². The quantitative estimate of drug-likeness (QED) is 0.913. The minimum absolute atomic E-state index is 0.140. The smallest absolute Gasteiger partial charge is 0.319 e. The fraction of sp³-hybridized carbons (Fsp3) is 0.385. The number of rotatable bonds is 4. The second-order valence-corrected chi connectivity index (χ2v) is 6.44. The van der Waals surface area contributed by atoms with Crippen LogP contribution in [0.4, 0.5) is 14.9 Å². The molecule has 0 aromatic carbocycles. The summed E-state index contributed by atoms with van der Waals surface area (Å²) < 4.78 is 0. The maximum absolute atomic E-state index is 11.8. The fourth-order valence-electron chi connectivity index (χ4n) is 2.37. The molecule has 1 unspecified atom stereocenters. The zero-order valence-electron chi connectivity index (χ0n) is 10.9. The Hall–Kier alpha value is -1.60. The lowest BCUT2D eigenvalue weighted by Crippen LogP contribution is -2.41. The summed E-state index contributed by atoms with van der Waals surface area (Å²) in [7, 11) is 0. The molecule has 1 aliphatic rings. The SMILES string of the molecule is O=C(NCC1CCCN1c1nccs1)Nc1cccs1. The lowest BCUT2D eigenvalue weighted by Gasteiger charge is -2.24. The predicted octanol–water partition coefficient (Wildman–Crippen LogP) is 3.00. The van der Waals surface area contributed by atoms with Gasteiger partial charge in [-0.25, -0.2) is 9.78 Å². The van der Waals surface area contributed by atoms with Gasteiger partial charge in [0.1, 0.15) is 0 Å². The van der Waals surface area contributed by atoms with Crippen LogP contribution in [-0.2, 0) is 0 Å². The number of hydrogen-bond donors (Lipinski definition) is 2. The molecule has 0 aliphatic carbocycles. The Bertz CT molecular complexity index is 541. The third kappa shape index (κ3) is 3.10. The van der Waals surface area contributed by atoms with E-state index >= 15 is 0 Å². The van der Waals surface area contributed by atoms with Gasteiger partial charge in [0, 0.05) is 30.7 Å². The first-order chi connectivity index (χ1) is 9.83. The number of thiazole rings is 1. The van der Waals surface area contributed by atoms with Gasteiger partial charge >= 0.3 is 6.03 Å². The van der Waals surface area contributed by atoms with Crippen molar-refractivity contribution >= 4 is 38.8 Å². The number of amides is 2. The Morgan fingerprint density at radius 3 is 3.15 bits per heavy atom. The van der Waals surface area contributed by atoms with Crippen molar-refractivity contribution in [1.29, 1.82) is 0 Å². The summed E-state index contributed by atoms with van der Waals surface area (Å²) in [5, 5.41) is 11.6. The molecule has 0 radical (unpaired) electrons. The standard InChI is InChI=1S/C13H16N4OS2/c18-12(16-11-4-2-7-19-11)15-9-10-3-1-6-17(10)13-14-5-8-20-13/h2,4-5,7-8,10H,1,3,6,9H2,(H2,15,16,18). The van der Waals surface area contributed by atoms with Gasteiger partial charge in [0.05, 0.1) is 5.00 Å². The fourth-order valence-corrected chi connectivity index (χ4v) is 3.73. The number of aromatic nitrogens is 1. The number of nitrogens with one attached hydrogen (secondary N) is 2. The molecule has 3 heterocycles. The van der Waals surface area contributed by atoms with E-state index < -0.39 is 0 Å². The van der Waals surface area contributed by atoms with Gasteiger partial charge in [-0.1, -0.05) is 0 Å². The van der Waals surface area contributed by atoms with Crippen molar-refractivity contribution in [2.75, 3.05) is 23.3 Å². The van der Waals surface area contributed by atoms with Crippen molar-refractivity contribution in [1.82, 2.24) is 10.3 Å². The summed E-state index contributed by atoms with van der Waals surface area (Å²) in [6.45, 7) is 1.67. The minimum Gasteiger partial charge on any atom is -0.343 e. The number of carbonyl (C=O) groups excluding carboxylic acids is 1. The largest absolute Gasteiger partial charge is 0.343 e. The minimum atomic E-state index is -0.140. The van der Waals surface area contributed by atoms with Gasteiger partial charge in [-0.2, -0.15) is 0 Å². The molecule has 0 bridgehead atoms. The molecular formula is C13H16N4OS2. The van der Waals surface area contributed by atoms with Crippen LogP contribution in [0.25, 0.3) is 0 Å². The molecule has 1 saturated heterocycles. The lowest BCUT2D eigenvalue weighted by atomic mass is 10.2. The molecule has 2 aromatic heterocycles. The molecule has 20 heavy (non-hydrogen) atoms. The molecule has 2 aromatic rings. The molecule has 1 aliphatic heterocycles. The van der Waals surface area contributed by atoms with E-state index in [0.717, 1.165) is 29.5 Å². The van der Waals surface area contributed by atoms with E-state index in [4.69, 9.17) is 0 Å². The van der Waals surface area contributed by atoms with Gasteiger partial charge in [0.15, 0.2) is 5.13 Å². The second kappa shape index (κ2) is 6.23. The second-order valence-electron chi connectivity index (χ2n) is 4.62. The van der Waals surface area contributed by atoms with Crippen LogP contribution in [0.2, 0.25) is 0 Å². The Kier molecular flexibility index (Phi) is 4.17. The molecule has 5 nitrogen and oxygen atoms in total. The van der Waals surface area contributed by atoms with Gasteiger partial charge < -0.3 is 10.2 Å². The molecular weight excluding hydrogens is 292 g/mol. The number of carbonyl (C=O) groups is 1. The Morgan fingerprint density at radius 1 is 1.45 bits per heavy atom. The summed E-state index contributed by atoms with van der Waals surface area (Å²) in [4.78, 5) is 18.5. The number of urea groups is 1. The van der Waals surface area contributed by atoms with Crippen molar-refractivity contribution in [3.63, 3.8) is 0 Å². The molecule has 1 atom stereocenters. The highest BCUT2D eigenvalue weighted by Gasteiger charge is 2.26. The molecule has 1 fully saturated rings. The first kappa shape index (κ1) is 13.4. The number of nitrogens with zero attached hydrogens (tertiary/aromatic N) is 2. The molecule has 2 amide bonds. The van der Waals surface area contributed by atoms with Gasteiger partial charge in [-0.15, -0.1) is 22.7 Å². The Labute approximate surface area is 125 Å². The van der Waals surface area contributed by atoms with Gasteiger partial charge in [-0.3, -0.25) is 5.32 Å². The topological polar surface area (TPSA) is 57.3 Å². The summed E-state index contributed by atoms with van der Waals surface area (Å²) in [5.41, 5.74) is 0. The zero-order chi connectivity index (χ0) is 13.8. The molecule has 3 rings (SSSR count). The summed E-state index contributed by atoms with van der Waals surface area (Å²) >= 11 is 3.17. The van der Waals surface area contributed by atoms with Crippen LogP contribution in [0, 0.1) is 0 Å². The number of thiophene rings is 1. The zero-order valence-corrected chi connectivity index (χ0v) is 12.5. The van der Waals surface area contributed by atoms with Crippen molar-refractivity contribution in [2.24, 2.45) is 0 Å². The summed E-state index contributed by atoms with van der Waals surface area (Å²) in [5.74, 6) is 0. The Morgan fingerprint density at radius 2 is 2.40 bits per heavy atom. The van der Waals surface area contributed by atoms with Crippen molar-refractivity contribution in [3.8, 4) is 0 Å². The van der Waals surface area contributed by atoms with E-state index in [9.17, 15) is 4.79 Å². The van der Waals surface area contributed by atoms with Crippen molar-refractivity contribution in [2.45, 2.75) is 18.9 Å². The van der Waals surface area contributed by atoms with Gasteiger partial charge in [0.2, 0.25) is 0 Å². The van der Waals surface area contributed by atoms with Crippen LogP contribution in [0.3, 0.4) is 0 Å². The Balaban J connectivity index is 1.51. The van der Waals surface area contributed by atoms with Crippen LogP contribution < -0.4 is 15.5 Å². The normalized spacial score (nSPS) is 18.2. The number of anilines is 2. The van der Waals surface area contributed by atoms with Crippen LogP contribution in [0.15, 0.2) is 29.1 Å². The highest BCUT2D eigenvalue weighted by atomic mass is 32.1.